The maximum absolute atomic E-state index is 11.2. The fourth-order valence-electron chi connectivity index (χ4n) is 1.30. The van der Waals surface area contributed by atoms with Crippen LogP contribution < -0.4 is 5.32 Å². The standard InChI is InChI=1S/C11H18ClN3OS/c1-7(17(4)16)5-6-13-11-9(3)8(2)10(12)14-15-11/h7H,5-6H2,1-4H3,(H,13,15). The van der Waals surface area contributed by atoms with E-state index in [4.69, 9.17) is 11.6 Å². The number of rotatable bonds is 5. The second-order valence-corrected chi connectivity index (χ2v) is 6.27. The second kappa shape index (κ2) is 6.31. The van der Waals surface area contributed by atoms with E-state index in [9.17, 15) is 4.21 Å². The summed E-state index contributed by atoms with van der Waals surface area (Å²) in [4.78, 5) is 0. The summed E-state index contributed by atoms with van der Waals surface area (Å²) in [6.45, 7) is 6.58. The van der Waals surface area contributed by atoms with Gasteiger partial charge < -0.3 is 5.32 Å². The molecule has 4 nitrogen and oxygen atoms in total. The molecule has 0 aliphatic carbocycles. The highest BCUT2D eigenvalue weighted by molar-refractivity contribution is 7.84. The minimum absolute atomic E-state index is 0.184. The first-order valence-electron chi connectivity index (χ1n) is 5.49. The van der Waals surface area contributed by atoms with Crippen LogP contribution in [0.25, 0.3) is 0 Å². The average molecular weight is 276 g/mol. The summed E-state index contributed by atoms with van der Waals surface area (Å²) in [6.07, 6.45) is 2.56. The van der Waals surface area contributed by atoms with Crippen LogP contribution in [-0.2, 0) is 10.8 Å². The first kappa shape index (κ1) is 14.4. The lowest BCUT2D eigenvalue weighted by Gasteiger charge is -2.12. The molecule has 1 aromatic heterocycles. The fraction of sp³-hybridized carbons (Fsp3) is 0.636. The Bertz CT molecular complexity index is 425. The Morgan fingerprint density at radius 3 is 2.59 bits per heavy atom. The number of aromatic nitrogens is 2. The molecule has 0 saturated carbocycles. The third kappa shape index (κ3) is 3.92. The summed E-state index contributed by atoms with van der Waals surface area (Å²) in [7, 11) is -0.779. The van der Waals surface area contributed by atoms with Crippen LogP contribution in [0.5, 0.6) is 0 Å². The molecule has 1 N–H and O–H groups in total. The van der Waals surface area contributed by atoms with Gasteiger partial charge in [0.25, 0.3) is 0 Å². The lowest BCUT2D eigenvalue weighted by atomic mass is 10.2. The summed E-state index contributed by atoms with van der Waals surface area (Å²) in [6, 6.07) is 0. The minimum Gasteiger partial charge on any atom is -0.368 e. The molecule has 0 radical (unpaired) electrons. The molecule has 0 bridgehead atoms. The topological polar surface area (TPSA) is 54.9 Å². The van der Waals surface area contributed by atoms with Crippen LogP contribution in [0.1, 0.15) is 24.5 Å². The Kier molecular flexibility index (Phi) is 5.33. The minimum atomic E-state index is -0.779. The molecule has 6 heteroatoms. The van der Waals surface area contributed by atoms with E-state index >= 15 is 0 Å². The zero-order valence-corrected chi connectivity index (χ0v) is 12.2. The molecule has 2 unspecified atom stereocenters. The summed E-state index contributed by atoms with van der Waals surface area (Å²) >= 11 is 5.87. The molecule has 1 heterocycles. The SMILES string of the molecule is Cc1c(Cl)nnc(NCCC(C)S(C)=O)c1C. The molecule has 0 spiro atoms. The number of hydrogen-bond acceptors (Lipinski definition) is 4. The van der Waals surface area contributed by atoms with E-state index in [0.29, 0.717) is 5.15 Å². The molecule has 0 aliphatic heterocycles. The van der Waals surface area contributed by atoms with Gasteiger partial charge in [-0.05, 0) is 31.4 Å². The molecule has 2 atom stereocenters. The van der Waals surface area contributed by atoms with Crippen molar-refractivity contribution in [2.24, 2.45) is 0 Å². The van der Waals surface area contributed by atoms with Crippen LogP contribution >= 0.6 is 11.6 Å². The van der Waals surface area contributed by atoms with Crippen molar-refractivity contribution in [1.29, 1.82) is 0 Å². The summed E-state index contributed by atoms with van der Waals surface area (Å²) in [5.74, 6) is 0.751. The van der Waals surface area contributed by atoms with Crippen LogP contribution in [-0.4, -0.2) is 32.5 Å². The van der Waals surface area contributed by atoms with Crippen molar-refractivity contribution < 1.29 is 4.21 Å². The van der Waals surface area contributed by atoms with E-state index < -0.39 is 10.8 Å². The van der Waals surface area contributed by atoms with E-state index in [1.165, 1.54) is 0 Å². The predicted octanol–water partition coefficient (Wildman–Crippen LogP) is 2.32. The number of halogens is 1. The van der Waals surface area contributed by atoms with Crippen molar-refractivity contribution in [1.82, 2.24) is 10.2 Å². The van der Waals surface area contributed by atoms with Crippen molar-refractivity contribution in [3.63, 3.8) is 0 Å². The van der Waals surface area contributed by atoms with Crippen LogP contribution in [0.2, 0.25) is 5.15 Å². The van der Waals surface area contributed by atoms with E-state index in [2.05, 4.69) is 15.5 Å². The van der Waals surface area contributed by atoms with Crippen LogP contribution in [0.15, 0.2) is 0 Å². The van der Waals surface area contributed by atoms with Gasteiger partial charge >= 0.3 is 0 Å². The lowest BCUT2D eigenvalue weighted by molar-refractivity contribution is 0.672. The number of nitrogens with one attached hydrogen (secondary N) is 1. The molecule has 0 fully saturated rings. The van der Waals surface area contributed by atoms with E-state index in [1.54, 1.807) is 6.26 Å². The molecule has 17 heavy (non-hydrogen) atoms. The number of hydrogen-bond donors (Lipinski definition) is 1. The lowest BCUT2D eigenvalue weighted by Crippen LogP contribution is -2.16. The van der Waals surface area contributed by atoms with Crippen molar-refractivity contribution in [3.05, 3.63) is 16.3 Å². The fourth-order valence-corrected chi connectivity index (χ4v) is 1.93. The molecule has 0 amide bonds. The predicted molar refractivity (Wildman–Crippen MR) is 73.2 cm³/mol. The molecular formula is C11H18ClN3OS. The van der Waals surface area contributed by atoms with Crippen molar-refractivity contribution >= 4 is 28.2 Å². The Morgan fingerprint density at radius 1 is 1.35 bits per heavy atom. The number of anilines is 1. The molecule has 0 aliphatic rings. The Labute approximate surface area is 110 Å². The van der Waals surface area contributed by atoms with Gasteiger partial charge in [0.1, 0.15) is 0 Å². The molecule has 0 aromatic carbocycles. The molecule has 1 rings (SSSR count). The third-order valence-corrected chi connectivity index (χ3v) is 4.60. The maximum Gasteiger partial charge on any atom is 0.155 e. The van der Waals surface area contributed by atoms with Crippen molar-refractivity contribution in [2.45, 2.75) is 32.4 Å². The number of nitrogens with zero attached hydrogens (tertiary/aromatic N) is 2. The summed E-state index contributed by atoms with van der Waals surface area (Å²) in [5.41, 5.74) is 1.95. The van der Waals surface area contributed by atoms with Gasteiger partial charge in [-0.2, -0.15) is 0 Å². The quantitative estimate of drug-likeness (QED) is 0.896. The van der Waals surface area contributed by atoms with Gasteiger partial charge in [-0.3, -0.25) is 4.21 Å². The largest absolute Gasteiger partial charge is 0.368 e. The van der Waals surface area contributed by atoms with Gasteiger partial charge in [0.05, 0.1) is 0 Å². The first-order chi connectivity index (χ1) is 7.93. The van der Waals surface area contributed by atoms with Crippen LogP contribution in [0.3, 0.4) is 0 Å². The normalized spacial score (nSPS) is 14.4. The molecule has 0 saturated heterocycles. The van der Waals surface area contributed by atoms with E-state index in [1.807, 2.05) is 20.8 Å². The zero-order valence-electron chi connectivity index (χ0n) is 10.6. The average Bonchev–Trinajstić information content (AvgIpc) is 2.28. The van der Waals surface area contributed by atoms with Gasteiger partial charge in [0, 0.05) is 28.9 Å². The second-order valence-electron chi connectivity index (χ2n) is 4.11. The zero-order chi connectivity index (χ0) is 13.0. The van der Waals surface area contributed by atoms with Crippen molar-refractivity contribution in [3.8, 4) is 0 Å². The smallest absolute Gasteiger partial charge is 0.155 e. The monoisotopic (exact) mass is 275 g/mol. The third-order valence-electron chi connectivity index (χ3n) is 2.87. The van der Waals surface area contributed by atoms with E-state index in [0.717, 1.165) is 29.9 Å². The van der Waals surface area contributed by atoms with Gasteiger partial charge in [0.15, 0.2) is 11.0 Å². The van der Waals surface area contributed by atoms with Crippen molar-refractivity contribution in [2.75, 3.05) is 18.1 Å². The van der Waals surface area contributed by atoms with Crippen LogP contribution in [0, 0.1) is 13.8 Å². The summed E-state index contributed by atoms with van der Waals surface area (Å²) < 4.78 is 11.2. The summed E-state index contributed by atoms with van der Waals surface area (Å²) in [5, 5.41) is 11.7. The highest BCUT2D eigenvalue weighted by atomic mass is 35.5. The van der Waals surface area contributed by atoms with Gasteiger partial charge in [-0.1, -0.05) is 18.5 Å². The van der Waals surface area contributed by atoms with Gasteiger partial charge in [-0.25, -0.2) is 0 Å². The molecule has 1 aromatic rings. The first-order valence-corrected chi connectivity index (χ1v) is 7.49. The van der Waals surface area contributed by atoms with Crippen LogP contribution in [0.4, 0.5) is 5.82 Å². The maximum atomic E-state index is 11.2. The Hall–Kier alpha value is -0.680. The molecule has 96 valence electrons. The Balaban J connectivity index is 2.59. The van der Waals surface area contributed by atoms with Gasteiger partial charge in [0.2, 0.25) is 0 Å². The highest BCUT2D eigenvalue weighted by Crippen LogP contribution is 2.20. The highest BCUT2D eigenvalue weighted by Gasteiger charge is 2.09. The Morgan fingerprint density at radius 2 is 2.00 bits per heavy atom. The van der Waals surface area contributed by atoms with Gasteiger partial charge in [-0.15, -0.1) is 10.2 Å². The molecular weight excluding hydrogens is 258 g/mol. The van der Waals surface area contributed by atoms with E-state index in [-0.39, 0.29) is 5.25 Å².